The highest BCUT2D eigenvalue weighted by molar-refractivity contribution is 7.92. The first-order chi connectivity index (χ1) is 13.9. The van der Waals surface area contributed by atoms with E-state index in [2.05, 4.69) is 10.3 Å². The number of anilines is 1. The average molecular weight is 410 g/mol. The Bertz CT molecular complexity index is 1080. The number of rotatable bonds is 7. The number of nitrogens with one attached hydrogen (secondary N) is 1. The molecule has 0 spiro atoms. The monoisotopic (exact) mass is 409 g/mol. The summed E-state index contributed by atoms with van der Waals surface area (Å²) in [5.74, 6) is -0.387. The van der Waals surface area contributed by atoms with Gasteiger partial charge in [-0.2, -0.15) is 0 Å². The number of nitrogens with zero attached hydrogens (tertiary/aromatic N) is 2. The van der Waals surface area contributed by atoms with Gasteiger partial charge in [-0.25, -0.2) is 8.42 Å². The maximum atomic E-state index is 13.3. The Kier molecular flexibility index (Phi) is 6.29. The molecule has 0 aliphatic carbocycles. The summed E-state index contributed by atoms with van der Waals surface area (Å²) in [7, 11) is -3.91. The quantitative estimate of drug-likeness (QED) is 0.650. The van der Waals surface area contributed by atoms with Crippen LogP contribution in [-0.2, 0) is 21.4 Å². The highest BCUT2D eigenvalue weighted by Crippen LogP contribution is 2.28. The van der Waals surface area contributed by atoms with Crippen molar-refractivity contribution in [1.82, 2.24) is 10.3 Å². The van der Waals surface area contributed by atoms with Crippen LogP contribution in [-0.4, -0.2) is 25.9 Å². The normalized spacial score (nSPS) is 11.1. The highest BCUT2D eigenvalue weighted by Gasteiger charge is 2.28. The molecule has 0 saturated heterocycles. The topological polar surface area (TPSA) is 79.4 Å². The zero-order valence-electron chi connectivity index (χ0n) is 16.4. The molecular weight excluding hydrogens is 386 g/mol. The van der Waals surface area contributed by atoms with E-state index in [4.69, 9.17) is 0 Å². The molecule has 0 atom stereocenters. The Morgan fingerprint density at radius 1 is 0.966 bits per heavy atom. The van der Waals surface area contributed by atoms with E-state index in [9.17, 15) is 13.2 Å². The Labute approximate surface area is 171 Å². The lowest BCUT2D eigenvalue weighted by atomic mass is 10.1. The van der Waals surface area contributed by atoms with Crippen molar-refractivity contribution in [3.8, 4) is 0 Å². The van der Waals surface area contributed by atoms with E-state index in [1.54, 1.807) is 54.9 Å². The maximum Gasteiger partial charge on any atom is 0.264 e. The predicted octanol–water partition coefficient (Wildman–Crippen LogP) is 3.21. The van der Waals surface area contributed by atoms with Gasteiger partial charge in [0.2, 0.25) is 5.91 Å². The molecule has 0 unspecified atom stereocenters. The summed E-state index contributed by atoms with van der Waals surface area (Å²) in [4.78, 5) is 16.7. The van der Waals surface area contributed by atoms with Crippen LogP contribution in [0.2, 0.25) is 0 Å². The molecule has 3 rings (SSSR count). The lowest BCUT2D eigenvalue weighted by Gasteiger charge is -2.26. The molecule has 0 bridgehead atoms. The molecule has 6 nitrogen and oxygen atoms in total. The molecule has 3 aromatic rings. The van der Waals surface area contributed by atoms with Gasteiger partial charge in [0.1, 0.15) is 6.54 Å². The lowest BCUT2D eigenvalue weighted by Crippen LogP contribution is -2.41. The van der Waals surface area contributed by atoms with Crippen LogP contribution < -0.4 is 9.62 Å². The largest absolute Gasteiger partial charge is 0.350 e. The molecular formula is C22H23N3O3S. The molecule has 0 aliphatic heterocycles. The van der Waals surface area contributed by atoms with E-state index in [1.165, 1.54) is 16.4 Å². The van der Waals surface area contributed by atoms with Gasteiger partial charge in [-0.15, -0.1) is 0 Å². The van der Waals surface area contributed by atoms with E-state index in [0.29, 0.717) is 12.2 Å². The fourth-order valence-electron chi connectivity index (χ4n) is 2.91. The molecule has 0 radical (unpaired) electrons. The number of benzene rings is 2. The molecule has 1 N–H and O–H groups in total. The molecule has 0 saturated carbocycles. The summed E-state index contributed by atoms with van der Waals surface area (Å²) >= 11 is 0. The second kappa shape index (κ2) is 8.87. The molecule has 1 heterocycles. The number of amides is 1. The number of hydrogen-bond acceptors (Lipinski definition) is 4. The fraction of sp³-hybridized carbons (Fsp3) is 0.182. The Balaban J connectivity index is 1.91. The standard InChI is InChI=1S/C22H23N3O3S/c1-17-7-6-10-21(18(17)2)25(29(27,28)20-8-4-3-5-9-20)16-22(26)24-15-19-11-13-23-14-12-19/h3-14H,15-16H2,1-2H3,(H,24,26). The van der Waals surface area contributed by atoms with Crippen molar-refractivity contribution in [3.05, 3.63) is 89.7 Å². The SMILES string of the molecule is Cc1cccc(N(CC(=O)NCc2ccncc2)S(=O)(=O)c2ccccc2)c1C. The minimum Gasteiger partial charge on any atom is -0.350 e. The minimum absolute atomic E-state index is 0.142. The number of hydrogen-bond donors (Lipinski definition) is 1. The van der Waals surface area contributed by atoms with Crippen LogP contribution in [0.15, 0.2) is 78.0 Å². The molecule has 0 aliphatic rings. The number of pyridine rings is 1. The van der Waals surface area contributed by atoms with Gasteiger partial charge in [0, 0.05) is 18.9 Å². The Hall–Kier alpha value is -3.19. The summed E-state index contributed by atoms with van der Waals surface area (Å²) in [6, 6.07) is 17.2. The van der Waals surface area contributed by atoms with Gasteiger partial charge in [-0.1, -0.05) is 30.3 Å². The summed E-state index contributed by atoms with van der Waals surface area (Å²) in [6.07, 6.45) is 3.29. The van der Waals surface area contributed by atoms with Crippen molar-refractivity contribution < 1.29 is 13.2 Å². The van der Waals surface area contributed by atoms with Gasteiger partial charge in [0.05, 0.1) is 10.6 Å². The van der Waals surface area contributed by atoms with Gasteiger partial charge in [0.15, 0.2) is 0 Å². The van der Waals surface area contributed by atoms with Crippen molar-refractivity contribution >= 4 is 21.6 Å². The minimum atomic E-state index is -3.91. The first kappa shape index (κ1) is 20.5. The van der Waals surface area contributed by atoms with Crippen LogP contribution in [0.5, 0.6) is 0 Å². The smallest absolute Gasteiger partial charge is 0.264 e. The number of aryl methyl sites for hydroxylation is 1. The van der Waals surface area contributed by atoms with Crippen molar-refractivity contribution in [2.24, 2.45) is 0 Å². The highest BCUT2D eigenvalue weighted by atomic mass is 32.2. The zero-order valence-corrected chi connectivity index (χ0v) is 17.2. The third-order valence-electron chi connectivity index (χ3n) is 4.70. The van der Waals surface area contributed by atoms with Gasteiger partial charge in [0.25, 0.3) is 10.0 Å². The molecule has 2 aromatic carbocycles. The van der Waals surface area contributed by atoms with Gasteiger partial charge >= 0.3 is 0 Å². The van der Waals surface area contributed by atoms with Crippen LogP contribution in [0.25, 0.3) is 0 Å². The van der Waals surface area contributed by atoms with Crippen LogP contribution in [0, 0.1) is 13.8 Å². The zero-order chi connectivity index (χ0) is 20.9. The number of carbonyl (C=O) groups excluding carboxylic acids is 1. The predicted molar refractivity (Wildman–Crippen MR) is 113 cm³/mol. The summed E-state index contributed by atoms with van der Waals surface area (Å²) < 4.78 is 27.9. The fourth-order valence-corrected chi connectivity index (χ4v) is 4.41. The molecule has 7 heteroatoms. The molecule has 1 aromatic heterocycles. The van der Waals surface area contributed by atoms with Crippen molar-refractivity contribution in [3.63, 3.8) is 0 Å². The third-order valence-corrected chi connectivity index (χ3v) is 6.48. The van der Waals surface area contributed by atoms with Gasteiger partial charge < -0.3 is 5.32 Å². The summed E-state index contributed by atoms with van der Waals surface area (Å²) in [6.45, 7) is 3.75. The van der Waals surface area contributed by atoms with Gasteiger partial charge in [-0.3, -0.25) is 14.1 Å². The molecule has 0 fully saturated rings. The van der Waals surface area contributed by atoms with E-state index in [1.807, 2.05) is 19.9 Å². The van der Waals surface area contributed by atoms with Crippen molar-refractivity contribution in [2.75, 3.05) is 10.8 Å². The average Bonchev–Trinajstić information content (AvgIpc) is 2.74. The summed E-state index contributed by atoms with van der Waals surface area (Å²) in [5.41, 5.74) is 3.15. The van der Waals surface area contributed by atoms with Crippen molar-refractivity contribution in [2.45, 2.75) is 25.3 Å². The van der Waals surface area contributed by atoms with Crippen LogP contribution in [0.4, 0.5) is 5.69 Å². The second-order valence-corrected chi connectivity index (χ2v) is 8.54. The number of aromatic nitrogens is 1. The van der Waals surface area contributed by atoms with Crippen LogP contribution >= 0.6 is 0 Å². The van der Waals surface area contributed by atoms with E-state index >= 15 is 0 Å². The van der Waals surface area contributed by atoms with Crippen LogP contribution in [0.1, 0.15) is 16.7 Å². The van der Waals surface area contributed by atoms with Gasteiger partial charge in [-0.05, 0) is 60.9 Å². The first-order valence-electron chi connectivity index (χ1n) is 9.19. The van der Waals surface area contributed by atoms with E-state index < -0.39 is 10.0 Å². The lowest BCUT2D eigenvalue weighted by molar-refractivity contribution is -0.119. The third kappa shape index (κ3) is 4.81. The number of carbonyl (C=O) groups is 1. The van der Waals surface area contributed by atoms with Crippen LogP contribution in [0.3, 0.4) is 0 Å². The van der Waals surface area contributed by atoms with Crippen molar-refractivity contribution in [1.29, 1.82) is 0 Å². The first-order valence-corrected chi connectivity index (χ1v) is 10.6. The van der Waals surface area contributed by atoms with E-state index in [-0.39, 0.29) is 17.3 Å². The molecule has 150 valence electrons. The van der Waals surface area contributed by atoms with E-state index in [0.717, 1.165) is 16.7 Å². The number of sulfonamides is 1. The molecule has 29 heavy (non-hydrogen) atoms. The Morgan fingerprint density at radius 3 is 2.34 bits per heavy atom. The maximum absolute atomic E-state index is 13.3. The molecule has 1 amide bonds. The second-order valence-electron chi connectivity index (χ2n) is 6.68. The Morgan fingerprint density at radius 2 is 1.66 bits per heavy atom. The summed E-state index contributed by atoms with van der Waals surface area (Å²) in [5, 5.41) is 2.78.